The standard InChI is InChI=1S/C12H14BrNO2/c13-9-3-1-2-8(4-9)5-12(16)14-10-6-11(15)7-10/h1-4,10-11,15H,5-7H2,(H,14,16). The number of halogens is 1. The largest absolute Gasteiger partial charge is 0.393 e. The lowest BCUT2D eigenvalue weighted by molar-refractivity contribution is -0.122. The normalized spacial score (nSPS) is 23.6. The molecule has 0 radical (unpaired) electrons. The SMILES string of the molecule is O=C(Cc1cccc(Br)c1)NC1CC(O)C1. The van der Waals surface area contributed by atoms with Crippen molar-refractivity contribution in [2.24, 2.45) is 0 Å². The second kappa shape index (κ2) is 4.97. The highest BCUT2D eigenvalue weighted by molar-refractivity contribution is 9.10. The van der Waals surface area contributed by atoms with E-state index in [0.29, 0.717) is 19.3 Å². The molecular formula is C12H14BrNO2. The second-order valence-corrected chi connectivity index (χ2v) is 5.11. The van der Waals surface area contributed by atoms with Gasteiger partial charge in [0.05, 0.1) is 12.5 Å². The quantitative estimate of drug-likeness (QED) is 0.886. The molecule has 0 spiro atoms. The molecule has 1 fully saturated rings. The number of aliphatic hydroxyl groups excluding tert-OH is 1. The van der Waals surface area contributed by atoms with E-state index >= 15 is 0 Å². The number of aliphatic hydroxyl groups is 1. The van der Waals surface area contributed by atoms with E-state index in [0.717, 1.165) is 10.0 Å². The molecule has 86 valence electrons. The highest BCUT2D eigenvalue weighted by atomic mass is 79.9. The Balaban J connectivity index is 1.83. The van der Waals surface area contributed by atoms with Crippen LogP contribution in [0.2, 0.25) is 0 Å². The summed E-state index contributed by atoms with van der Waals surface area (Å²) in [7, 11) is 0. The van der Waals surface area contributed by atoms with E-state index < -0.39 is 0 Å². The van der Waals surface area contributed by atoms with Crippen LogP contribution in [0.3, 0.4) is 0 Å². The van der Waals surface area contributed by atoms with Crippen LogP contribution in [0.1, 0.15) is 18.4 Å². The molecular weight excluding hydrogens is 270 g/mol. The molecule has 4 heteroatoms. The van der Waals surface area contributed by atoms with Crippen LogP contribution in [-0.2, 0) is 11.2 Å². The summed E-state index contributed by atoms with van der Waals surface area (Å²) in [5.41, 5.74) is 0.992. The maximum Gasteiger partial charge on any atom is 0.224 e. The summed E-state index contributed by atoms with van der Waals surface area (Å²) in [6.07, 6.45) is 1.54. The minimum Gasteiger partial charge on any atom is -0.393 e. The number of benzene rings is 1. The van der Waals surface area contributed by atoms with Crippen molar-refractivity contribution in [3.8, 4) is 0 Å². The molecule has 2 rings (SSSR count). The van der Waals surface area contributed by atoms with Gasteiger partial charge in [0.2, 0.25) is 5.91 Å². The highest BCUT2D eigenvalue weighted by Gasteiger charge is 2.28. The molecule has 1 aromatic rings. The Labute approximate surface area is 103 Å². The molecule has 0 aromatic heterocycles. The molecule has 0 atom stereocenters. The Bertz CT molecular complexity index is 388. The Morgan fingerprint density at radius 1 is 1.50 bits per heavy atom. The van der Waals surface area contributed by atoms with E-state index in [1.807, 2.05) is 24.3 Å². The van der Waals surface area contributed by atoms with Crippen LogP contribution in [0.25, 0.3) is 0 Å². The van der Waals surface area contributed by atoms with Crippen molar-refractivity contribution in [2.75, 3.05) is 0 Å². The van der Waals surface area contributed by atoms with E-state index in [4.69, 9.17) is 5.11 Å². The number of hydrogen-bond donors (Lipinski definition) is 2. The first-order chi connectivity index (χ1) is 7.63. The predicted octanol–water partition coefficient (Wildman–Crippen LogP) is 1.63. The maximum atomic E-state index is 11.6. The third kappa shape index (κ3) is 3.06. The van der Waals surface area contributed by atoms with Gasteiger partial charge in [0.15, 0.2) is 0 Å². The van der Waals surface area contributed by atoms with Gasteiger partial charge in [0.1, 0.15) is 0 Å². The van der Waals surface area contributed by atoms with E-state index in [-0.39, 0.29) is 18.1 Å². The summed E-state index contributed by atoms with van der Waals surface area (Å²) in [5, 5.41) is 12.0. The third-order valence-corrected chi connectivity index (χ3v) is 3.23. The lowest BCUT2D eigenvalue weighted by atomic mass is 9.89. The number of rotatable bonds is 3. The number of nitrogens with one attached hydrogen (secondary N) is 1. The lowest BCUT2D eigenvalue weighted by Gasteiger charge is -2.31. The summed E-state index contributed by atoms with van der Waals surface area (Å²) < 4.78 is 0.983. The molecule has 0 unspecified atom stereocenters. The van der Waals surface area contributed by atoms with E-state index in [1.54, 1.807) is 0 Å². The fourth-order valence-corrected chi connectivity index (χ4v) is 2.26. The Morgan fingerprint density at radius 3 is 2.88 bits per heavy atom. The zero-order valence-electron chi connectivity index (χ0n) is 8.82. The summed E-state index contributed by atoms with van der Waals surface area (Å²) in [6, 6.07) is 7.88. The molecule has 1 saturated carbocycles. The van der Waals surface area contributed by atoms with Gasteiger partial charge >= 0.3 is 0 Å². The van der Waals surface area contributed by atoms with E-state index in [9.17, 15) is 4.79 Å². The first kappa shape index (κ1) is 11.6. The van der Waals surface area contributed by atoms with Crippen LogP contribution in [0.5, 0.6) is 0 Å². The molecule has 0 aliphatic heterocycles. The van der Waals surface area contributed by atoms with Crippen LogP contribution >= 0.6 is 15.9 Å². The van der Waals surface area contributed by atoms with Crippen molar-refractivity contribution in [1.82, 2.24) is 5.32 Å². The number of carbonyl (C=O) groups excluding carboxylic acids is 1. The summed E-state index contributed by atoms with van der Waals surface area (Å²) in [6.45, 7) is 0. The first-order valence-electron chi connectivity index (χ1n) is 5.35. The average Bonchev–Trinajstić information content (AvgIpc) is 2.15. The van der Waals surface area contributed by atoms with Crippen molar-refractivity contribution in [2.45, 2.75) is 31.4 Å². The number of amides is 1. The van der Waals surface area contributed by atoms with Gasteiger partial charge in [-0.2, -0.15) is 0 Å². The van der Waals surface area contributed by atoms with Crippen LogP contribution in [-0.4, -0.2) is 23.2 Å². The predicted molar refractivity (Wildman–Crippen MR) is 65.0 cm³/mol. The second-order valence-electron chi connectivity index (χ2n) is 4.20. The molecule has 0 heterocycles. The number of hydrogen-bond acceptors (Lipinski definition) is 2. The molecule has 0 saturated heterocycles. The van der Waals surface area contributed by atoms with Gasteiger partial charge in [-0.15, -0.1) is 0 Å². The zero-order valence-corrected chi connectivity index (χ0v) is 10.4. The topological polar surface area (TPSA) is 49.3 Å². The Kier molecular flexibility index (Phi) is 3.61. The third-order valence-electron chi connectivity index (χ3n) is 2.73. The molecule has 1 aromatic carbocycles. The molecule has 0 bridgehead atoms. The summed E-state index contributed by atoms with van der Waals surface area (Å²) >= 11 is 3.37. The minimum absolute atomic E-state index is 0.0231. The molecule has 16 heavy (non-hydrogen) atoms. The molecule has 1 aliphatic carbocycles. The Hall–Kier alpha value is -0.870. The van der Waals surface area contributed by atoms with Gasteiger partial charge in [-0.3, -0.25) is 4.79 Å². The zero-order chi connectivity index (χ0) is 11.5. The fourth-order valence-electron chi connectivity index (χ4n) is 1.82. The van der Waals surface area contributed by atoms with Crippen molar-refractivity contribution >= 4 is 21.8 Å². The van der Waals surface area contributed by atoms with E-state index in [2.05, 4.69) is 21.2 Å². The van der Waals surface area contributed by atoms with Crippen molar-refractivity contribution in [3.63, 3.8) is 0 Å². The van der Waals surface area contributed by atoms with Gasteiger partial charge < -0.3 is 10.4 Å². The lowest BCUT2D eigenvalue weighted by Crippen LogP contribution is -2.47. The number of carbonyl (C=O) groups is 1. The summed E-state index contributed by atoms with van der Waals surface area (Å²) in [5.74, 6) is 0.0231. The van der Waals surface area contributed by atoms with Crippen molar-refractivity contribution in [3.05, 3.63) is 34.3 Å². The molecule has 3 nitrogen and oxygen atoms in total. The van der Waals surface area contributed by atoms with Gasteiger partial charge in [-0.25, -0.2) is 0 Å². The van der Waals surface area contributed by atoms with Gasteiger partial charge in [-0.1, -0.05) is 28.1 Å². The van der Waals surface area contributed by atoms with Crippen LogP contribution < -0.4 is 5.32 Å². The van der Waals surface area contributed by atoms with Crippen molar-refractivity contribution in [1.29, 1.82) is 0 Å². The smallest absolute Gasteiger partial charge is 0.224 e. The first-order valence-corrected chi connectivity index (χ1v) is 6.14. The minimum atomic E-state index is -0.226. The molecule has 1 amide bonds. The van der Waals surface area contributed by atoms with E-state index in [1.165, 1.54) is 0 Å². The van der Waals surface area contributed by atoms with Gasteiger partial charge in [0, 0.05) is 10.5 Å². The molecule has 2 N–H and O–H groups in total. The van der Waals surface area contributed by atoms with Crippen LogP contribution in [0.15, 0.2) is 28.7 Å². The highest BCUT2D eigenvalue weighted by Crippen LogP contribution is 2.19. The monoisotopic (exact) mass is 283 g/mol. The maximum absolute atomic E-state index is 11.6. The summed E-state index contributed by atoms with van der Waals surface area (Å²) in [4.78, 5) is 11.6. The average molecular weight is 284 g/mol. The van der Waals surface area contributed by atoms with Gasteiger partial charge in [-0.05, 0) is 30.5 Å². The van der Waals surface area contributed by atoms with Crippen molar-refractivity contribution < 1.29 is 9.90 Å². The fraction of sp³-hybridized carbons (Fsp3) is 0.417. The molecule has 1 aliphatic rings. The Morgan fingerprint density at radius 2 is 2.25 bits per heavy atom. The van der Waals surface area contributed by atoms with Crippen LogP contribution in [0.4, 0.5) is 0 Å². The van der Waals surface area contributed by atoms with Crippen LogP contribution in [0, 0.1) is 0 Å². The van der Waals surface area contributed by atoms with Gasteiger partial charge in [0.25, 0.3) is 0 Å².